The molecule has 0 saturated carbocycles. The largest absolute Gasteiger partial charge is 0.491 e. The van der Waals surface area contributed by atoms with E-state index >= 15 is 0 Å². The molecule has 0 bridgehead atoms. The Morgan fingerprint density at radius 2 is 1.89 bits per heavy atom. The van der Waals surface area contributed by atoms with Crippen LogP contribution >= 0.6 is 0 Å². The fraction of sp³-hybridized carbons (Fsp3) is 0.500. The minimum absolute atomic E-state index is 0.0541. The summed E-state index contributed by atoms with van der Waals surface area (Å²) in [6.07, 6.45) is 0.536. The third-order valence-electron chi connectivity index (χ3n) is 6.82. The molecule has 2 saturated heterocycles. The normalized spacial score (nSPS) is 21.0. The number of ether oxygens (including phenoxy) is 2. The fourth-order valence-electron chi connectivity index (χ4n) is 4.67. The average molecular weight is 576 g/mol. The molecule has 1 unspecified atom stereocenters. The van der Waals surface area contributed by atoms with Gasteiger partial charge in [0.15, 0.2) is 0 Å². The highest BCUT2D eigenvalue weighted by Crippen LogP contribution is 2.37. The van der Waals surface area contributed by atoms with Crippen LogP contribution in [-0.2, 0) is 24.8 Å². The molecular weight excluding hydrogens is 544 g/mol. The van der Waals surface area contributed by atoms with Crippen molar-refractivity contribution in [3.8, 4) is 5.75 Å². The highest BCUT2D eigenvalue weighted by molar-refractivity contribution is 7.89. The zero-order chi connectivity index (χ0) is 27.6. The first-order valence-corrected chi connectivity index (χ1v) is 15.0. The van der Waals surface area contributed by atoms with E-state index in [9.17, 15) is 30.7 Å². The lowest BCUT2D eigenvalue weighted by atomic mass is 9.88. The van der Waals surface area contributed by atoms with E-state index in [1.54, 1.807) is 12.1 Å². The van der Waals surface area contributed by atoms with Crippen LogP contribution in [0.15, 0.2) is 52.3 Å². The first-order valence-electron chi connectivity index (χ1n) is 12.1. The van der Waals surface area contributed by atoms with E-state index in [2.05, 4.69) is 10.0 Å². The van der Waals surface area contributed by atoms with E-state index in [4.69, 9.17) is 9.47 Å². The Kier molecular flexibility index (Phi) is 8.71. The van der Waals surface area contributed by atoms with Crippen molar-refractivity contribution < 1.29 is 40.2 Å². The first-order chi connectivity index (χ1) is 17.9. The molecule has 0 aromatic heterocycles. The number of benzene rings is 2. The Morgan fingerprint density at radius 1 is 1.16 bits per heavy atom. The minimum Gasteiger partial charge on any atom is -0.491 e. The lowest BCUT2D eigenvalue weighted by Gasteiger charge is -2.38. The van der Waals surface area contributed by atoms with Gasteiger partial charge in [-0.15, -0.1) is 0 Å². The zero-order valence-corrected chi connectivity index (χ0v) is 22.4. The van der Waals surface area contributed by atoms with Crippen molar-refractivity contribution >= 4 is 20.0 Å². The maximum atomic E-state index is 14.1. The topological polar surface area (TPSA) is 134 Å². The number of nitrogens with zero attached hydrogens (tertiary/aromatic N) is 1. The monoisotopic (exact) mass is 575 g/mol. The Morgan fingerprint density at radius 3 is 2.61 bits per heavy atom. The molecule has 210 valence electrons. The molecule has 38 heavy (non-hydrogen) atoms. The summed E-state index contributed by atoms with van der Waals surface area (Å²) in [6, 6.07) is 8.24. The van der Waals surface area contributed by atoms with Gasteiger partial charge in [-0.2, -0.15) is 4.31 Å². The Hall–Kier alpha value is -2.20. The molecule has 1 spiro atoms. The lowest BCUT2D eigenvalue weighted by molar-refractivity contribution is -0.0312. The van der Waals surface area contributed by atoms with Gasteiger partial charge in [-0.25, -0.2) is 30.3 Å². The number of sulfonamides is 2. The molecule has 10 nitrogen and oxygen atoms in total. The molecule has 0 amide bonds. The minimum atomic E-state index is -4.17. The second kappa shape index (κ2) is 11.5. The van der Waals surface area contributed by atoms with Crippen molar-refractivity contribution in [2.75, 3.05) is 39.9 Å². The number of aliphatic hydroxyl groups is 1. The van der Waals surface area contributed by atoms with Crippen LogP contribution < -0.4 is 14.8 Å². The zero-order valence-electron chi connectivity index (χ0n) is 20.8. The van der Waals surface area contributed by atoms with Gasteiger partial charge < -0.3 is 19.9 Å². The maximum absolute atomic E-state index is 14.1. The number of rotatable bonds is 10. The van der Waals surface area contributed by atoms with Crippen molar-refractivity contribution in [1.29, 1.82) is 0 Å². The summed E-state index contributed by atoms with van der Waals surface area (Å²) in [4.78, 5) is -0.620. The van der Waals surface area contributed by atoms with Gasteiger partial charge in [0.1, 0.15) is 35.0 Å². The Balaban J connectivity index is 1.24. The number of nitrogens with one attached hydrogen (secondary N) is 2. The predicted octanol–water partition coefficient (Wildman–Crippen LogP) is 1.21. The van der Waals surface area contributed by atoms with E-state index < -0.39 is 48.3 Å². The molecule has 0 aliphatic carbocycles. The average Bonchev–Trinajstić information content (AvgIpc) is 3.30. The molecule has 2 fully saturated rings. The van der Waals surface area contributed by atoms with Crippen molar-refractivity contribution in [2.45, 2.75) is 46.8 Å². The van der Waals surface area contributed by atoms with Crippen LogP contribution in [0.3, 0.4) is 0 Å². The molecule has 14 heteroatoms. The van der Waals surface area contributed by atoms with E-state index in [-0.39, 0.29) is 37.2 Å². The van der Waals surface area contributed by atoms with Crippen molar-refractivity contribution in [2.24, 2.45) is 0 Å². The van der Waals surface area contributed by atoms with Crippen molar-refractivity contribution in [3.05, 3.63) is 54.1 Å². The summed E-state index contributed by atoms with van der Waals surface area (Å²) >= 11 is 0. The number of halogens is 2. The molecular formula is C24H31F2N3O7S2. The summed E-state index contributed by atoms with van der Waals surface area (Å²) in [5.74, 6) is -1.51. The number of hydrogen-bond acceptors (Lipinski definition) is 8. The van der Waals surface area contributed by atoms with Gasteiger partial charge in [0, 0.05) is 31.7 Å². The molecule has 2 aliphatic rings. The molecule has 2 atom stereocenters. The predicted molar refractivity (Wildman–Crippen MR) is 134 cm³/mol. The molecule has 2 heterocycles. The van der Waals surface area contributed by atoms with Crippen LogP contribution in [0.25, 0.3) is 0 Å². The highest BCUT2D eigenvalue weighted by Gasteiger charge is 2.45. The molecule has 3 N–H and O–H groups in total. The number of piperidine rings is 1. The van der Waals surface area contributed by atoms with Gasteiger partial charge in [-0.05, 0) is 56.6 Å². The van der Waals surface area contributed by atoms with E-state index in [1.165, 1.54) is 19.2 Å². The second-order valence-corrected chi connectivity index (χ2v) is 13.2. The molecule has 2 aliphatic heterocycles. The van der Waals surface area contributed by atoms with E-state index in [0.29, 0.717) is 37.7 Å². The van der Waals surface area contributed by atoms with Crippen LogP contribution in [0.1, 0.15) is 19.3 Å². The molecule has 2 aromatic rings. The number of aliphatic hydroxyl groups excluding tert-OH is 1. The standard InChI is InChI=1S/C24H31F2N3O7S2/c1-27-37(31,32)21-4-2-3-20(12-21)35-16-19(30)14-28-18-13-24(36-15-18)7-9-29(10-8-24)38(33,34)23-11-17(25)5-6-22(23)26/h2-6,11-12,18-19,27-28,30H,7-10,13-16H2,1H3/t18?,19-/m0/s1. The quantitative estimate of drug-likeness (QED) is 0.385. The van der Waals surface area contributed by atoms with Gasteiger partial charge in [0.05, 0.1) is 17.1 Å². The van der Waals surface area contributed by atoms with Gasteiger partial charge in [-0.3, -0.25) is 0 Å². The SMILES string of the molecule is CNS(=O)(=O)c1cccc(OC[C@@H](O)CNC2COC3(CCN(S(=O)(=O)c4cc(F)ccc4F)CC3)C2)c1. The lowest BCUT2D eigenvalue weighted by Crippen LogP contribution is -2.47. The third-order valence-corrected chi connectivity index (χ3v) is 10.1. The van der Waals surface area contributed by atoms with Crippen molar-refractivity contribution in [3.63, 3.8) is 0 Å². The van der Waals surface area contributed by atoms with Crippen LogP contribution in [-0.4, -0.2) is 83.9 Å². The van der Waals surface area contributed by atoms with Crippen molar-refractivity contribution in [1.82, 2.24) is 14.3 Å². The summed E-state index contributed by atoms with van der Waals surface area (Å²) in [7, 11) is -6.47. The maximum Gasteiger partial charge on any atom is 0.246 e. The Labute approximate surface area is 221 Å². The Bertz CT molecular complexity index is 1350. The van der Waals surface area contributed by atoms with Gasteiger partial charge in [0.2, 0.25) is 20.0 Å². The van der Waals surface area contributed by atoms with Gasteiger partial charge in [-0.1, -0.05) is 6.07 Å². The second-order valence-electron chi connectivity index (χ2n) is 9.43. The summed E-state index contributed by atoms with van der Waals surface area (Å²) < 4.78 is 92.1. The summed E-state index contributed by atoms with van der Waals surface area (Å²) in [6.45, 7) is 0.757. The van der Waals surface area contributed by atoms with E-state index in [1.807, 2.05) is 0 Å². The van der Waals surface area contributed by atoms with E-state index in [0.717, 1.165) is 16.4 Å². The van der Waals surface area contributed by atoms with Crippen LogP contribution in [0.4, 0.5) is 8.78 Å². The van der Waals surface area contributed by atoms with Crippen LogP contribution in [0, 0.1) is 11.6 Å². The summed E-state index contributed by atoms with van der Waals surface area (Å²) in [5, 5.41) is 13.6. The third kappa shape index (κ3) is 6.50. The number of hydrogen-bond donors (Lipinski definition) is 3. The first kappa shape index (κ1) is 28.8. The van der Waals surface area contributed by atoms with Gasteiger partial charge >= 0.3 is 0 Å². The van der Waals surface area contributed by atoms with Crippen LogP contribution in [0.5, 0.6) is 5.75 Å². The summed E-state index contributed by atoms with van der Waals surface area (Å²) in [5.41, 5.74) is -0.537. The highest BCUT2D eigenvalue weighted by atomic mass is 32.2. The fourth-order valence-corrected chi connectivity index (χ4v) is 6.96. The van der Waals surface area contributed by atoms with Crippen LogP contribution in [0.2, 0.25) is 0 Å². The molecule has 4 rings (SSSR count). The van der Waals surface area contributed by atoms with Gasteiger partial charge in [0.25, 0.3) is 0 Å². The smallest absolute Gasteiger partial charge is 0.246 e. The molecule has 2 aromatic carbocycles. The molecule has 0 radical (unpaired) electrons.